The largest absolute Gasteiger partial charge is 0.508 e. The van der Waals surface area contributed by atoms with Crippen molar-refractivity contribution in [2.45, 2.75) is 104 Å². The summed E-state index contributed by atoms with van der Waals surface area (Å²) in [4.78, 5) is 0. The average molecular weight is 455 g/mol. The zero-order valence-corrected chi connectivity index (χ0v) is 22.0. The van der Waals surface area contributed by atoms with Crippen LogP contribution in [0.1, 0.15) is 104 Å². The lowest BCUT2D eigenvalue weighted by molar-refractivity contribution is 0.391. The zero-order chi connectivity index (χ0) is 22.6. The van der Waals surface area contributed by atoms with E-state index in [4.69, 9.17) is 0 Å². The summed E-state index contributed by atoms with van der Waals surface area (Å²) in [7, 11) is 0. The van der Waals surface area contributed by atoms with Crippen LogP contribution >= 0.6 is 23.5 Å². The van der Waals surface area contributed by atoms with Gasteiger partial charge >= 0.3 is 0 Å². The molecule has 0 bridgehead atoms. The summed E-state index contributed by atoms with van der Waals surface area (Å²) in [6.45, 7) is 13.2. The minimum absolute atomic E-state index is 0.147. The summed E-state index contributed by atoms with van der Waals surface area (Å²) in [5.41, 5.74) is 1.44. The molecule has 0 unspecified atom stereocenters. The molecule has 0 radical (unpaired) electrons. The number of aromatic hydroxyl groups is 2. The third kappa shape index (κ3) is 9.34. The Kier molecular flexibility index (Phi) is 12.7. The summed E-state index contributed by atoms with van der Waals surface area (Å²) in [6.07, 6.45) is 9.37. The van der Waals surface area contributed by atoms with Crippen LogP contribution in [0, 0.1) is 0 Å². The summed E-state index contributed by atoms with van der Waals surface area (Å²) in [5, 5.41) is 21.7. The number of rotatable bonds is 16. The highest BCUT2D eigenvalue weighted by Gasteiger charge is 2.29. The second-order valence-electron chi connectivity index (χ2n) is 9.79. The van der Waals surface area contributed by atoms with E-state index in [-0.39, 0.29) is 10.8 Å². The van der Waals surface area contributed by atoms with Crippen LogP contribution in [-0.4, -0.2) is 33.2 Å². The van der Waals surface area contributed by atoms with E-state index in [1.54, 1.807) is 0 Å². The molecule has 0 aliphatic carbocycles. The topological polar surface area (TPSA) is 40.5 Å². The molecule has 2 N–H and O–H groups in total. The van der Waals surface area contributed by atoms with Gasteiger partial charge in [0.15, 0.2) is 0 Å². The van der Waals surface area contributed by atoms with Crippen LogP contribution in [0.3, 0.4) is 0 Å². The van der Waals surface area contributed by atoms with Crippen molar-refractivity contribution in [3.8, 4) is 11.5 Å². The van der Waals surface area contributed by atoms with E-state index in [0.29, 0.717) is 11.5 Å². The van der Waals surface area contributed by atoms with Gasteiger partial charge in [-0.25, -0.2) is 0 Å². The fraction of sp³-hybridized carbons (Fsp3) is 0.769. The maximum Gasteiger partial charge on any atom is 0.119 e. The number of phenolic OH excluding ortho intramolecular Hbond substituents is 2. The normalized spacial score (nSPS) is 12.5. The van der Waals surface area contributed by atoms with Crippen molar-refractivity contribution >= 4 is 23.5 Å². The van der Waals surface area contributed by atoms with Crippen LogP contribution in [0.25, 0.3) is 0 Å². The van der Waals surface area contributed by atoms with E-state index < -0.39 is 0 Å². The van der Waals surface area contributed by atoms with Crippen molar-refractivity contribution in [3.63, 3.8) is 0 Å². The quantitative estimate of drug-likeness (QED) is 0.195. The molecule has 4 heteroatoms. The molecule has 0 saturated heterocycles. The average Bonchev–Trinajstić information content (AvgIpc) is 2.68. The van der Waals surface area contributed by atoms with Gasteiger partial charge in [0.1, 0.15) is 11.5 Å². The second kappa shape index (κ2) is 13.8. The highest BCUT2D eigenvalue weighted by molar-refractivity contribution is 7.99. The van der Waals surface area contributed by atoms with Crippen LogP contribution in [-0.2, 0) is 10.8 Å². The van der Waals surface area contributed by atoms with Gasteiger partial charge in [-0.3, -0.25) is 0 Å². The molecular weight excluding hydrogens is 408 g/mol. The predicted octanol–water partition coefficient (Wildman–Crippen LogP) is 8.28. The van der Waals surface area contributed by atoms with Gasteiger partial charge < -0.3 is 10.2 Å². The SMILES string of the molecule is CCCCSCCCC(C)(C)c1cc(O)c(C(C)(C)CCCSCCCC)cc1O. The minimum Gasteiger partial charge on any atom is -0.508 e. The molecule has 174 valence electrons. The maximum atomic E-state index is 10.8. The fourth-order valence-electron chi connectivity index (χ4n) is 3.86. The van der Waals surface area contributed by atoms with Crippen molar-refractivity contribution in [2.24, 2.45) is 0 Å². The van der Waals surface area contributed by atoms with Gasteiger partial charge in [0, 0.05) is 11.1 Å². The van der Waals surface area contributed by atoms with Crippen molar-refractivity contribution in [3.05, 3.63) is 23.3 Å². The Morgan fingerprint density at radius 3 is 1.30 bits per heavy atom. The van der Waals surface area contributed by atoms with Crippen LogP contribution < -0.4 is 0 Å². The third-order valence-corrected chi connectivity index (χ3v) is 8.35. The first kappa shape index (κ1) is 27.6. The molecular formula is C26H46O2S2. The van der Waals surface area contributed by atoms with Gasteiger partial charge in [-0.15, -0.1) is 0 Å². The Balaban J connectivity index is 2.72. The summed E-state index contributed by atoms with van der Waals surface area (Å²) < 4.78 is 0. The Morgan fingerprint density at radius 2 is 0.967 bits per heavy atom. The van der Waals surface area contributed by atoms with Gasteiger partial charge in [0.25, 0.3) is 0 Å². The number of hydrogen-bond acceptors (Lipinski definition) is 4. The van der Waals surface area contributed by atoms with E-state index in [1.807, 2.05) is 35.7 Å². The summed E-state index contributed by atoms with van der Waals surface area (Å²) in [5.74, 6) is 5.47. The molecule has 0 heterocycles. The highest BCUT2D eigenvalue weighted by Crippen LogP contribution is 2.43. The Bertz CT molecular complexity index is 558. The molecule has 2 nitrogen and oxygen atoms in total. The zero-order valence-electron chi connectivity index (χ0n) is 20.4. The highest BCUT2D eigenvalue weighted by atomic mass is 32.2. The van der Waals surface area contributed by atoms with Gasteiger partial charge in [-0.2, -0.15) is 23.5 Å². The molecule has 0 saturated carbocycles. The second-order valence-corrected chi connectivity index (χ2v) is 12.2. The number of phenols is 2. The standard InChI is InChI=1S/C26H46O2S2/c1-7-9-15-29-17-11-13-25(3,4)21-19-24(28)22(20-23(21)27)26(5,6)14-12-18-30-16-10-8-2/h19-20,27-28H,7-18H2,1-6H3. The monoisotopic (exact) mass is 454 g/mol. The molecule has 0 spiro atoms. The lowest BCUT2D eigenvalue weighted by Crippen LogP contribution is -2.21. The first-order chi connectivity index (χ1) is 14.2. The van der Waals surface area contributed by atoms with Crippen molar-refractivity contribution in [1.29, 1.82) is 0 Å². The Morgan fingerprint density at radius 1 is 0.633 bits per heavy atom. The van der Waals surface area contributed by atoms with Crippen LogP contribution in [0.4, 0.5) is 0 Å². The van der Waals surface area contributed by atoms with Crippen LogP contribution in [0.15, 0.2) is 12.1 Å². The van der Waals surface area contributed by atoms with Crippen molar-refractivity contribution in [2.75, 3.05) is 23.0 Å². The molecule has 0 aliphatic rings. The first-order valence-corrected chi connectivity index (χ1v) is 14.2. The van der Waals surface area contributed by atoms with Gasteiger partial charge in [0.05, 0.1) is 0 Å². The smallest absolute Gasteiger partial charge is 0.119 e. The van der Waals surface area contributed by atoms with E-state index in [2.05, 4.69) is 41.5 Å². The molecule has 1 aromatic carbocycles. The van der Waals surface area contributed by atoms with Crippen LogP contribution in [0.5, 0.6) is 11.5 Å². The van der Waals surface area contributed by atoms with E-state index >= 15 is 0 Å². The number of thioether (sulfide) groups is 2. The molecule has 0 aromatic heterocycles. The molecule has 1 rings (SSSR count). The molecule has 0 fully saturated rings. The van der Waals surface area contributed by atoms with E-state index in [0.717, 1.165) is 48.3 Å². The van der Waals surface area contributed by atoms with E-state index in [1.165, 1.54) is 37.2 Å². The minimum atomic E-state index is -0.147. The maximum absolute atomic E-state index is 10.8. The number of benzene rings is 1. The Hall–Kier alpha value is -0.480. The molecule has 0 atom stereocenters. The fourth-order valence-corrected chi connectivity index (χ4v) is 5.95. The number of unbranched alkanes of at least 4 members (excludes halogenated alkanes) is 2. The van der Waals surface area contributed by atoms with Crippen LogP contribution in [0.2, 0.25) is 0 Å². The number of hydrogen-bond donors (Lipinski definition) is 2. The molecule has 1 aromatic rings. The molecule has 30 heavy (non-hydrogen) atoms. The lowest BCUT2D eigenvalue weighted by Gasteiger charge is -2.30. The summed E-state index contributed by atoms with van der Waals surface area (Å²) >= 11 is 4.05. The van der Waals surface area contributed by atoms with Gasteiger partial charge in [0.2, 0.25) is 0 Å². The van der Waals surface area contributed by atoms with Gasteiger partial charge in [-0.1, -0.05) is 54.4 Å². The van der Waals surface area contributed by atoms with Crippen molar-refractivity contribution < 1.29 is 10.2 Å². The first-order valence-electron chi connectivity index (χ1n) is 11.9. The molecule has 0 amide bonds. The predicted molar refractivity (Wildman–Crippen MR) is 139 cm³/mol. The van der Waals surface area contributed by atoms with Gasteiger partial charge in [-0.05, 0) is 84.5 Å². The van der Waals surface area contributed by atoms with E-state index in [9.17, 15) is 10.2 Å². The van der Waals surface area contributed by atoms with Crippen molar-refractivity contribution in [1.82, 2.24) is 0 Å². The lowest BCUT2D eigenvalue weighted by atomic mass is 9.76. The Labute approximate surface area is 195 Å². The molecule has 0 aliphatic heterocycles. The summed E-state index contributed by atoms with van der Waals surface area (Å²) in [6, 6.07) is 3.65. The third-order valence-electron chi connectivity index (χ3n) is 6.04.